The average Bonchev–Trinajstić information content (AvgIpc) is 3.08. The summed E-state index contributed by atoms with van der Waals surface area (Å²) in [7, 11) is 4.64. The van der Waals surface area contributed by atoms with E-state index in [1.807, 2.05) is 6.07 Å². The van der Waals surface area contributed by atoms with Crippen molar-refractivity contribution in [2.45, 2.75) is 0 Å². The van der Waals surface area contributed by atoms with E-state index in [1.54, 1.807) is 25.2 Å². The molecule has 0 atom stereocenters. The van der Waals surface area contributed by atoms with Crippen molar-refractivity contribution >= 4 is 17.7 Å². The van der Waals surface area contributed by atoms with Crippen LogP contribution in [0.4, 0.5) is 5.69 Å². The lowest BCUT2D eigenvalue weighted by molar-refractivity contribution is -0.111. The number of tetrazole rings is 1. The molecule has 0 bridgehead atoms. The molecule has 0 aliphatic rings. The molecule has 10 nitrogen and oxygen atoms in total. The number of carbonyl (C=O) groups excluding carboxylic acids is 1. The minimum Gasteiger partial charge on any atom is -0.322 e. The molecule has 138 valence electrons. The fourth-order valence-corrected chi connectivity index (χ4v) is 2.51. The van der Waals surface area contributed by atoms with Crippen molar-refractivity contribution in [3.05, 3.63) is 62.9 Å². The number of hydrogen-bond acceptors (Lipinski definition) is 6. The molecule has 0 aliphatic heterocycles. The van der Waals surface area contributed by atoms with Crippen LogP contribution >= 0.6 is 0 Å². The fourth-order valence-electron chi connectivity index (χ4n) is 2.51. The summed E-state index contributed by atoms with van der Waals surface area (Å²) in [6, 6.07) is 7.06. The maximum absolute atomic E-state index is 12.2. The van der Waals surface area contributed by atoms with Crippen LogP contribution < -0.4 is 16.6 Å². The molecule has 10 heteroatoms. The summed E-state index contributed by atoms with van der Waals surface area (Å²) in [5, 5.41) is 14.0. The third-order valence-corrected chi connectivity index (χ3v) is 3.90. The minimum atomic E-state index is -0.473. The van der Waals surface area contributed by atoms with Gasteiger partial charge in [0.25, 0.3) is 5.56 Å². The van der Waals surface area contributed by atoms with Gasteiger partial charge >= 0.3 is 5.69 Å². The van der Waals surface area contributed by atoms with Gasteiger partial charge in [0.1, 0.15) is 0 Å². The van der Waals surface area contributed by atoms with Gasteiger partial charge in [0.2, 0.25) is 5.91 Å². The van der Waals surface area contributed by atoms with Crippen LogP contribution in [0, 0.1) is 0 Å². The van der Waals surface area contributed by atoms with Gasteiger partial charge < -0.3 is 9.88 Å². The van der Waals surface area contributed by atoms with Gasteiger partial charge in [-0.1, -0.05) is 12.1 Å². The number of hydrogen-bond donors (Lipinski definition) is 1. The lowest BCUT2D eigenvalue weighted by Crippen LogP contribution is -2.37. The normalized spacial score (nSPS) is 11.1. The highest BCUT2D eigenvalue weighted by atomic mass is 16.2. The molecule has 2 heterocycles. The predicted octanol–water partition coefficient (Wildman–Crippen LogP) is -0.0736. The Bertz CT molecular complexity index is 1150. The van der Waals surface area contributed by atoms with E-state index in [2.05, 4.69) is 20.8 Å². The molecule has 2 aromatic heterocycles. The topological polar surface area (TPSA) is 117 Å². The molecule has 0 radical (unpaired) electrons. The molecular formula is C17H17N7O3. The van der Waals surface area contributed by atoms with E-state index in [0.29, 0.717) is 11.5 Å². The summed E-state index contributed by atoms with van der Waals surface area (Å²) in [4.78, 5) is 35.9. The van der Waals surface area contributed by atoms with Gasteiger partial charge in [-0.05, 0) is 28.6 Å². The van der Waals surface area contributed by atoms with Crippen molar-refractivity contribution in [3.63, 3.8) is 0 Å². The Hall–Kier alpha value is -3.82. The zero-order valence-electron chi connectivity index (χ0n) is 14.9. The Morgan fingerprint density at radius 1 is 1.19 bits per heavy atom. The smallest absolute Gasteiger partial charge is 0.322 e. The molecule has 3 aromatic rings. The van der Waals surface area contributed by atoms with Gasteiger partial charge in [0.05, 0.1) is 5.56 Å². The maximum atomic E-state index is 12.2. The Morgan fingerprint density at radius 3 is 2.67 bits per heavy atom. The Morgan fingerprint density at radius 2 is 1.96 bits per heavy atom. The first-order valence-electron chi connectivity index (χ1n) is 7.95. The molecule has 1 amide bonds. The van der Waals surface area contributed by atoms with Crippen molar-refractivity contribution in [2.75, 3.05) is 5.32 Å². The third-order valence-electron chi connectivity index (χ3n) is 3.90. The summed E-state index contributed by atoms with van der Waals surface area (Å²) >= 11 is 0. The Labute approximate surface area is 153 Å². The predicted molar refractivity (Wildman–Crippen MR) is 98.8 cm³/mol. The van der Waals surface area contributed by atoms with Crippen LogP contribution in [0.15, 0.2) is 46.1 Å². The van der Waals surface area contributed by atoms with Crippen molar-refractivity contribution < 1.29 is 4.79 Å². The molecular weight excluding hydrogens is 350 g/mol. The molecule has 0 aliphatic carbocycles. The molecule has 27 heavy (non-hydrogen) atoms. The number of aryl methyl sites for hydroxylation is 2. The number of aromatic nitrogens is 6. The number of amides is 1. The monoisotopic (exact) mass is 367 g/mol. The van der Waals surface area contributed by atoms with Crippen LogP contribution in [-0.4, -0.2) is 35.2 Å². The number of nitrogens with one attached hydrogen (secondary N) is 1. The standard InChI is InChI=1S/C17H17N7O3/c1-22-10-12(16(26)23(2)17(22)27)7-8-14(25)18-13-6-4-5-11(9-13)15-19-20-21-24(15)3/h4-10H,1-3H3,(H,18,25)/b8-7+. The summed E-state index contributed by atoms with van der Waals surface area (Å²) in [6.45, 7) is 0. The van der Waals surface area contributed by atoms with Gasteiger partial charge in [-0.25, -0.2) is 9.48 Å². The SMILES string of the molecule is Cn1nnnc1-c1cccc(NC(=O)/C=C/c2cn(C)c(=O)n(C)c2=O)c1. The molecule has 1 aromatic carbocycles. The van der Waals surface area contributed by atoms with E-state index in [0.717, 1.165) is 10.1 Å². The third kappa shape index (κ3) is 3.73. The quantitative estimate of drug-likeness (QED) is 0.645. The number of rotatable bonds is 4. The van der Waals surface area contributed by atoms with Crippen molar-refractivity contribution in [3.8, 4) is 11.4 Å². The van der Waals surface area contributed by atoms with Crippen LogP contribution in [0.25, 0.3) is 17.5 Å². The Balaban J connectivity index is 1.79. The van der Waals surface area contributed by atoms with Crippen molar-refractivity contribution in [1.82, 2.24) is 29.3 Å². The van der Waals surface area contributed by atoms with Crippen LogP contribution in [0.5, 0.6) is 0 Å². The number of nitrogens with zero attached hydrogens (tertiary/aromatic N) is 6. The van der Waals surface area contributed by atoms with Crippen molar-refractivity contribution in [2.24, 2.45) is 21.1 Å². The van der Waals surface area contributed by atoms with Crippen LogP contribution in [0.2, 0.25) is 0 Å². The highest BCUT2D eigenvalue weighted by molar-refractivity contribution is 6.02. The molecule has 0 fully saturated rings. The lowest BCUT2D eigenvalue weighted by Gasteiger charge is -2.05. The number of carbonyl (C=O) groups is 1. The fraction of sp³-hybridized carbons (Fsp3) is 0.176. The number of anilines is 1. The lowest BCUT2D eigenvalue weighted by atomic mass is 10.2. The second-order valence-corrected chi connectivity index (χ2v) is 5.87. The summed E-state index contributed by atoms with van der Waals surface area (Å²) in [5.41, 5.74) is 0.624. The molecule has 0 spiro atoms. The minimum absolute atomic E-state index is 0.230. The van der Waals surface area contributed by atoms with E-state index in [9.17, 15) is 14.4 Å². The molecule has 1 N–H and O–H groups in total. The van der Waals surface area contributed by atoms with Gasteiger partial charge in [0, 0.05) is 44.7 Å². The highest BCUT2D eigenvalue weighted by Gasteiger charge is 2.08. The first kappa shape index (κ1) is 18.0. The van der Waals surface area contributed by atoms with Crippen LogP contribution in [0.1, 0.15) is 5.56 Å². The summed E-state index contributed by atoms with van der Waals surface area (Å²) < 4.78 is 3.78. The van der Waals surface area contributed by atoms with E-state index in [-0.39, 0.29) is 5.56 Å². The highest BCUT2D eigenvalue weighted by Crippen LogP contribution is 2.19. The largest absolute Gasteiger partial charge is 0.330 e. The summed E-state index contributed by atoms with van der Waals surface area (Å²) in [6.07, 6.45) is 3.99. The number of benzene rings is 1. The van der Waals surface area contributed by atoms with E-state index < -0.39 is 17.2 Å². The van der Waals surface area contributed by atoms with Gasteiger partial charge in [-0.3, -0.25) is 14.2 Å². The maximum Gasteiger partial charge on any atom is 0.330 e. The second-order valence-electron chi connectivity index (χ2n) is 5.87. The molecule has 0 unspecified atom stereocenters. The Kier molecular flexibility index (Phi) is 4.79. The summed E-state index contributed by atoms with van der Waals surface area (Å²) in [5.74, 6) is 0.148. The molecule has 3 rings (SSSR count). The molecule has 0 saturated carbocycles. The zero-order valence-corrected chi connectivity index (χ0v) is 14.9. The van der Waals surface area contributed by atoms with E-state index in [1.165, 1.54) is 41.7 Å². The van der Waals surface area contributed by atoms with Crippen LogP contribution in [0.3, 0.4) is 0 Å². The second kappa shape index (κ2) is 7.20. The van der Waals surface area contributed by atoms with Gasteiger partial charge in [0.15, 0.2) is 5.82 Å². The van der Waals surface area contributed by atoms with Gasteiger partial charge in [-0.2, -0.15) is 0 Å². The average molecular weight is 367 g/mol. The van der Waals surface area contributed by atoms with E-state index >= 15 is 0 Å². The zero-order chi connectivity index (χ0) is 19.6. The molecule has 0 saturated heterocycles. The van der Waals surface area contributed by atoms with Crippen molar-refractivity contribution in [1.29, 1.82) is 0 Å². The van der Waals surface area contributed by atoms with Crippen LogP contribution in [-0.2, 0) is 25.9 Å². The first-order chi connectivity index (χ1) is 12.9. The first-order valence-corrected chi connectivity index (χ1v) is 7.95. The van der Waals surface area contributed by atoms with E-state index in [4.69, 9.17) is 0 Å². The van der Waals surface area contributed by atoms with Gasteiger partial charge in [-0.15, -0.1) is 5.10 Å².